The van der Waals surface area contributed by atoms with Gasteiger partial charge in [0.15, 0.2) is 5.13 Å². The maximum atomic E-state index is 12.3. The molecule has 0 bridgehead atoms. The number of amides is 1. The van der Waals surface area contributed by atoms with Crippen molar-refractivity contribution in [2.45, 2.75) is 44.6 Å². The van der Waals surface area contributed by atoms with E-state index in [0.29, 0.717) is 5.13 Å². The van der Waals surface area contributed by atoms with E-state index in [-0.39, 0.29) is 30.3 Å². The molecule has 24 heavy (non-hydrogen) atoms. The zero-order valence-corrected chi connectivity index (χ0v) is 15.1. The third kappa shape index (κ3) is 3.48. The molecule has 2 aliphatic rings. The molecule has 4 nitrogen and oxygen atoms in total. The molecule has 1 amide bonds. The maximum Gasteiger partial charge on any atom is 0.229 e. The van der Waals surface area contributed by atoms with Crippen molar-refractivity contribution in [3.05, 3.63) is 34.7 Å². The van der Waals surface area contributed by atoms with Crippen LogP contribution in [-0.4, -0.2) is 16.9 Å². The summed E-state index contributed by atoms with van der Waals surface area (Å²) in [5, 5.41) is 5.67. The highest BCUT2D eigenvalue weighted by atomic mass is 35.5. The number of nitrogens with two attached hydrogens (primary N) is 1. The van der Waals surface area contributed by atoms with Gasteiger partial charge in [-0.3, -0.25) is 4.79 Å². The second-order valence-electron chi connectivity index (χ2n) is 6.63. The SMILES string of the molecule is Cl.NC1CCC(C(=O)Nc2nc(-c3ccc4c(c3)CCC4)cs2)C1. The van der Waals surface area contributed by atoms with Crippen LogP contribution in [0.1, 0.15) is 36.8 Å². The van der Waals surface area contributed by atoms with Gasteiger partial charge in [-0.05, 0) is 55.7 Å². The smallest absolute Gasteiger partial charge is 0.229 e. The molecule has 1 heterocycles. The van der Waals surface area contributed by atoms with Gasteiger partial charge in [-0.25, -0.2) is 4.98 Å². The molecule has 2 aromatic rings. The highest BCUT2D eigenvalue weighted by molar-refractivity contribution is 7.14. The van der Waals surface area contributed by atoms with Gasteiger partial charge in [-0.1, -0.05) is 12.1 Å². The highest BCUT2D eigenvalue weighted by Crippen LogP contribution is 2.31. The molecule has 0 aliphatic heterocycles. The number of nitrogens with zero attached hydrogens (tertiary/aromatic N) is 1. The predicted molar refractivity (Wildman–Crippen MR) is 101 cm³/mol. The van der Waals surface area contributed by atoms with E-state index in [9.17, 15) is 4.79 Å². The summed E-state index contributed by atoms with van der Waals surface area (Å²) in [6, 6.07) is 6.78. The summed E-state index contributed by atoms with van der Waals surface area (Å²) in [5.74, 6) is 0.102. The number of halogens is 1. The average Bonchev–Trinajstić information content (AvgIpc) is 3.26. The van der Waals surface area contributed by atoms with Crippen LogP contribution in [0.15, 0.2) is 23.6 Å². The summed E-state index contributed by atoms with van der Waals surface area (Å²) in [6.45, 7) is 0. The normalized spacial score (nSPS) is 22.0. The van der Waals surface area contributed by atoms with Gasteiger partial charge >= 0.3 is 0 Å². The molecule has 128 valence electrons. The fraction of sp³-hybridized carbons (Fsp3) is 0.444. The number of thiazole rings is 1. The van der Waals surface area contributed by atoms with E-state index in [1.54, 1.807) is 0 Å². The Kier molecular flexibility index (Phi) is 5.23. The minimum atomic E-state index is 0. The van der Waals surface area contributed by atoms with Crippen molar-refractivity contribution in [3.8, 4) is 11.3 Å². The predicted octanol–water partition coefficient (Wildman–Crippen LogP) is 3.79. The van der Waals surface area contributed by atoms with Gasteiger partial charge in [-0.15, -0.1) is 23.7 Å². The Balaban J connectivity index is 0.00000169. The molecule has 0 saturated heterocycles. The number of carbonyl (C=O) groups is 1. The minimum absolute atomic E-state index is 0. The molecule has 1 aromatic heterocycles. The van der Waals surface area contributed by atoms with Gasteiger partial charge in [0.1, 0.15) is 0 Å². The van der Waals surface area contributed by atoms with Crippen molar-refractivity contribution in [2.75, 3.05) is 5.32 Å². The van der Waals surface area contributed by atoms with E-state index in [2.05, 4.69) is 28.5 Å². The summed E-state index contributed by atoms with van der Waals surface area (Å²) >= 11 is 1.49. The van der Waals surface area contributed by atoms with Gasteiger partial charge < -0.3 is 11.1 Å². The van der Waals surface area contributed by atoms with Crippen LogP contribution >= 0.6 is 23.7 Å². The molecule has 3 N–H and O–H groups in total. The second-order valence-corrected chi connectivity index (χ2v) is 7.49. The van der Waals surface area contributed by atoms with E-state index in [1.807, 2.05) is 5.38 Å². The third-order valence-electron chi connectivity index (χ3n) is 4.97. The largest absolute Gasteiger partial charge is 0.328 e. The number of nitrogens with one attached hydrogen (secondary N) is 1. The molecular weight excluding hydrogens is 342 g/mol. The van der Waals surface area contributed by atoms with Crippen molar-refractivity contribution < 1.29 is 4.79 Å². The van der Waals surface area contributed by atoms with Gasteiger partial charge in [-0.2, -0.15) is 0 Å². The fourth-order valence-electron chi connectivity index (χ4n) is 3.66. The lowest BCUT2D eigenvalue weighted by Gasteiger charge is -2.08. The number of aromatic nitrogens is 1. The van der Waals surface area contributed by atoms with Gasteiger partial charge in [0.05, 0.1) is 5.69 Å². The molecular formula is C18H22ClN3OS. The molecule has 0 radical (unpaired) electrons. The number of hydrogen-bond donors (Lipinski definition) is 2. The molecule has 4 rings (SSSR count). The molecule has 1 fully saturated rings. The summed E-state index contributed by atoms with van der Waals surface area (Å²) in [5.41, 5.74) is 10.9. The molecule has 2 atom stereocenters. The first kappa shape index (κ1) is 17.4. The standard InChI is InChI=1S/C18H21N3OS.ClH/c19-15-7-6-14(9-15)17(22)21-18-20-16(10-23-18)13-5-4-11-2-1-3-12(11)8-13;/h4-5,8,10,14-15H,1-3,6-7,9,19H2,(H,20,21,22);1H. The first-order valence-electron chi connectivity index (χ1n) is 8.33. The average molecular weight is 364 g/mol. The summed E-state index contributed by atoms with van der Waals surface area (Å²) in [7, 11) is 0. The molecule has 0 spiro atoms. The number of aryl methyl sites for hydroxylation is 2. The van der Waals surface area contributed by atoms with Gasteiger partial charge in [0.2, 0.25) is 5.91 Å². The highest BCUT2D eigenvalue weighted by Gasteiger charge is 2.28. The monoisotopic (exact) mass is 363 g/mol. The molecule has 1 saturated carbocycles. The van der Waals surface area contributed by atoms with Crippen LogP contribution < -0.4 is 11.1 Å². The lowest BCUT2D eigenvalue weighted by Crippen LogP contribution is -2.23. The van der Waals surface area contributed by atoms with Gasteiger partial charge in [0, 0.05) is 22.9 Å². The van der Waals surface area contributed by atoms with Crippen LogP contribution in [0.2, 0.25) is 0 Å². The zero-order chi connectivity index (χ0) is 15.8. The Bertz CT molecular complexity index is 746. The van der Waals surface area contributed by atoms with Crippen molar-refractivity contribution in [1.82, 2.24) is 4.98 Å². The molecule has 1 aromatic carbocycles. The molecule has 2 unspecified atom stereocenters. The minimum Gasteiger partial charge on any atom is -0.328 e. The Morgan fingerprint density at radius 1 is 1.25 bits per heavy atom. The summed E-state index contributed by atoms with van der Waals surface area (Å²) in [4.78, 5) is 16.9. The van der Waals surface area contributed by atoms with Crippen molar-refractivity contribution >= 4 is 34.8 Å². The van der Waals surface area contributed by atoms with Crippen LogP contribution in [-0.2, 0) is 17.6 Å². The lowest BCUT2D eigenvalue weighted by atomic mass is 10.1. The van der Waals surface area contributed by atoms with E-state index >= 15 is 0 Å². The van der Waals surface area contributed by atoms with E-state index in [0.717, 1.165) is 30.5 Å². The number of fused-ring (bicyclic) bond motifs is 1. The first-order chi connectivity index (χ1) is 11.2. The van der Waals surface area contributed by atoms with Crippen molar-refractivity contribution in [3.63, 3.8) is 0 Å². The third-order valence-corrected chi connectivity index (χ3v) is 5.73. The number of benzene rings is 1. The van der Waals surface area contributed by atoms with Crippen LogP contribution in [0.25, 0.3) is 11.3 Å². The van der Waals surface area contributed by atoms with Crippen molar-refractivity contribution in [1.29, 1.82) is 0 Å². The van der Waals surface area contributed by atoms with Crippen LogP contribution in [0.3, 0.4) is 0 Å². The van der Waals surface area contributed by atoms with Gasteiger partial charge in [0.25, 0.3) is 0 Å². The van der Waals surface area contributed by atoms with E-state index in [4.69, 9.17) is 5.73 Å². The number of anilines is 1. The van der Waals surface area contributed by atoms with Crippen LogP contribution in [0.4, 0.5) is 5.13 Å². The van der Waals surface area contributed by atoms with Crippen molar-refractivity contribution in [2.24, 2.45) is 11.7 Å². The summed E-state index contributed by atoms with van der Waals surface area (Å²) < 4.78 is 0. The number of rotatable bonds is 3. The first-order valence-corrected chi connectivity index (χ1v) is 9.21. The Morgan fingerprint density at radius 2 is 2.08 bits per heavy atom. The Hall–Kier alpha value is -1.43. The zero-order valence-electron chi connectivity index (χ0n) is 13.5. The Morgan fingerprint density at radius 3 is 2.88 bits per heavy atom. The van der Waals surface area contributed by atoms with E-state index in [1.165, 1.54) is 41.7 Å². The van der Waals surface area contributed by atoms with E-state index < -0.39 is 0 Å². The maximum absolute atomic E-state index is 12.3. The fourth-order valence-corrected chi connectivity index (χ4v) is 4.38. The quantitative estimate of drug-likeness (QED) is 0.871. The number of carbonyl (C=O) groups excluding carboxylic acids is 1. The lowest BCUT2D eigenvalue weighted by molar-refractivity contribution is -0.119. The Labute approximate surface area is 152 Å². The molecule has 6 heteroatoms. The summed E-state index contributed by atoms with van der Waals surface area (Å²) in [6.07, 6.45) is 6.22. The second kappa shape index (κ2) is 7.21. The number of hydrogen-bond acceptors (Lipinski definition) is 4. The topological polar surface area (TPSA) is 68.0 Å². The molecule has 2 aliphatic carbocycles. The van der Waals surface area contributed by atoms with Crippen LogP contribution in [0.5, 0.6) is 0 Å². The van der Waals surface area contributed by atoms with Crippen LogP contribution in [0, 0.1) is 5.92 Å².